The second-order valence-corrected chi connectivity index (χ2v) is 11.5. The van der Waals surface area contributed by atoms with Crippen LogP contribution in [0.5, 0.6) is 0 Å². The number of hydrogen-bond acceptors (Lipinski definition) is 7. The van der Waals surface area contributed by atoms with Gasteiger partial charge in [-0.2, -0.15) is 22.8 Å². The number of nitrogens with one attached hydrogen (secondary N) is 1. The number of halogens is 4. The number of sulfonamides is 1. The van der Waals surface area contributed by atoms with E-state index in [1.54, 1.807) is 4.90 Å². The van der Waals surface area contributed by atoms with Crippen molar-refractivity contribution in [3.63, 3.8) is 0 Å². The number of anilines is 2. The van der Waals surface area contributed by atoms with Gasteiger partial charge >= 0.3 is 6.18 Å². The Labute approximate surface area is 232 Å². The minimum atomic E-state index is -4.91. The molecule has 1 fully saturated rings. The fraction of sp³-hybridized carbons (Fsp3) is 0.269. The summed E-state index contributed by atoms with van der Waals surface area (Å²) in [5.74, 6) is -1.19. The van der Waals surface area contributed by atoms with Crippen LogP contribution in [0.4, 0.5) is 29.1 Å². The molecule has 0 spiro atoms. The largest absolute Gasteiger partial charge is 0.417 e. The number of nitrogen functional groups attached to an aromatic ring is 1. The van der Waals surface area contributed by atoms with E-state index in [-0.39, 0.29) is 45.8 Å². The van der Waals surface area contributed by atoms with Crippen LogP contribution in [0.1, 0.15) is 22.3 Å². The third-order valence-electron chi connectivity index (χ3n) is 6.97. The lowest BCUT2D eigenvalue weighted by atomic mass is 10.1. The summed E-state index contributed by atoms with van der Waals surface area (Å²) >= 11 is 0. The third-order valence-corrected chi connectivity index (χ3v) is 8.41. The minimum Gasteiger partial charge on any atom is -0.383 e. The molecule has 2 aromatic heterocycles. The number of rotatable bonds is 6. The van der Waals surface area contributed by atoms with E-state index in [2.05, 4.69) is 15.0 Å². The number of likely N-dealkylation sites (tertiary alicyclic amines) is 1. The Bertz CT molecular complexity index is 1760. The molecule has 1 aliphatic rings. The Morgan fingerprint density at radius 3 is 2.51 bits per heavy atom. The topological polar surface area (TPSA) is 126 Å². The van der Waals surface area contributed by atoms with Crippen molar-refractivity contribution in [1.82, 2.24) is 24.4 Å². The van der Waals surface area contributed by atoms with Gasteiger partial charge in [-0.25, -0.2) is 17.8 Å². The lowest BCUT2D eigenvalue weighted by Crippen LogP contribution is -2.34. The number of likely N-dealkylation sites (N-methyl/N-ethyl adjacent to an activating group) is 1. The number of amides is 1. The van der Waals surface area contributed by atoms with Crippen LogP contribution >= 0.6 is 0 Å². The van der Waals surface area contributed by atoms with Gasteiger partial charge in [0.2, 0.25) is 0 Å². The quantitative estimate of drug-likeness (QED) is 0.328. The average molecular weight is 592 g/mol. The molecule has 41 heavy (non-hydrogen) atoms. The molecule has 3 heterocycles. The highest BCUT2D eigenvalue weighted by Gasteiger charge is 2.37. The summed E-state index contributed by atoms with van der Waals surface area (Å²) < 4.78 is 83.9. The second kappa shape index (κ2) is 10.3. The first-order valence-electron chi connectivity index (χ1n) is 12.3. The molecule has 1 aliphatic heterocycles. The first kappa shape index (κ1) is 28.3. The van der Waals surface area contributed by atoms with Gasteiger partial charge in [-0.1, -0.05) is 12.1 Å². The Morgan fingerprint density at radius 1 is 1.12 bits per heavy atom. The van der Waals surface area contributed by atoms with Gasteiger partial charge in [-0.3, -0.25) is 9.52 Å². The fourth-order valence-electron chi connectivity index (χ4n) is 4.77. The lowest BCUT2D eigenvalue weighted by Gasteiger charge is -2.20. The van der Waals surface area contributed by atoms with Crippen molar-refractivity contribution in [2.24, 2.45) is 0 Å². The Balaban J connectivity index is 1.42. The number of alkyl halides is 3. The van der Waals surface area contributed by atoms with E-state index in [1.807, 2.05) is 18.8 Å². The van der Waals surface area contributed by atoms with E-state index >= 15 is 4.39 Å². The van der Waals surface area contributed by atoms with E-state index in [0.717, 1.165) is 30.7 Å². The predicted octanol–water partition coefficient (Wildman–Crippen LogP) is 3.71. The van der Waals surface area contributed by atoms with Crippen LogP contribution in [0.2, 0.25) is 0 Å². The predicted molar refractivity (Wildman–Crippen MR) is 143 cm³/mol. The summed E-state index contributed by atoms with van der Waals surface area (Å²) in [6, 6.07) is 7.12. The van der Waals surface area contributed by atoms with Crippen molar-refractivity contribution in [2.75, 3.05) is 37.6 Å². The molecule has 1 saturated heterocycles. The molecular formula is C26H25F4N7O3S. The Kier molecular flexibility index (Phi) is 7.11. The van der Waals surface area contributed by atoms with Crippen molar-refractivity contribution in [2.45, 2.75) is 23.5 Å². The molecule has 0 saturated carbocycles. The molecule has 15 heteroatoms. The van der Waals surface area contributed by atoms with Crippen LogP contribution in [-0.4, -0.2) is 71.9 Å². The van der Waals surface area contributed by atoms with Crippen LogP contribution in [-0.2, 0) is 16.2 Å². The van der Waals surface area contributed by atoms with Crippen LogP contribution < -0.4 is 10.5 Å². The van der Waals surface area contributed by atoms with Crippen LogP contribution in [0.25, 0.3) is 16.8 Å². The summed E-state index contributed by atoms with van der Waals surface area (Å²) in [6.07, 6.45) is -1.46. The molecule has 2 aromatic carbocycles. The first-order chi connectivity index (χ1) is 19.3. The van der Waals surface area contributed by atoms with Gasteiger partial charge in [0.15, 0.2) is 5.65 Å². The van der Waals surface area contributed by atoms with E-state index in [0.29, 0.717) is 19.2 Å². The highest BCUT2D eigenvalue weighted by atomic mass is 32.2. The summed E-state index contributed by atoms with van der Waals surface area (Å²) in [4.78, 5) is 20.2. The second-order valence-electron chi connectivity index (χ2n) is 9.80. The zero-order valence-electron chi connectivity index (χ0n) is 21.9. The molecule has 0 bridgehead atoms. The third kappa shape index (κ3) is 5.29. The number of benzene rings is 2. The zero-order valence-corrected chi connectivity index (χ0v) is 22.7. The molecule has 3 N–H and O–H groups in total. The number of nitrogens with two attached hydrogens (primary N) is 1. The Morgan fingerprint density at radius 2 is 1.85 bits per heavy atom. The first-order valence-corrected chi connectivity index (χ1v) is 13.8. The van der Waals surface area contributed by atoms with Crippen molar-refractivity contribution >= 4 is 33.1 Å². The molecule has 216 valence electrons. The summed E-state index contributed by atoms with van der Waals surface area (Å²) in [5, 5.41) is 4.17. The van der Waals surface area contributed by atoms with Gasteiger partial charge in [0.25, 0.3) is 15.9 Å². The number of carbonyl (C=O) groups excluding carboxylic acids is 1. The van der Waals surface area contributed by atoms with E-state index < -0.39 is 32.5 Å². The van der Waals surface area contributed by atoms with E-state index in [9.17, 15) is 26.4 Å². The van der Waals surface area contributed by atoms with Gasteiger partial charge in [-0.15, -0.1) is 0 Å². The zero-order chi connectivity index (χ0) is 29.7. The van der Waals surface area contributed by atoms with Gasteiger partial charge in [-0.05, 0) is 50.8 Å². The molecule has 1 amide bonds. The smallest absolute Gasteiger partial charge is 0.383 e. The lowest BCUT2D eigenvalue weighted by molar-refractivity contribution is -0.139. The van der Waals surface area contributed by atoms with E-state index in [4.69, 9.17) is 5.73 Å². The van der Waals surface area contributed by atoms with Gasteiger partial charge < -0.3 is 15.5 Å². The SMILES string of the molecule is CN(C)C1CCN(C(=O)c2cnn3c(N)c(-c4ccc(NS(=O)(=O)c5ccccc5C(F)(F)F)cc4F)cnc23)C1. The molecule has 1 atom stereocenters. The number of hydrogen-bond donors (Lipinski definition) is 2. The maximum atomic E-state index is 15.2. The van der Waals surface area contributed by atoms with Crippen molar-refractivity contribution in [1.29, 1.82) is 0 Å². The highest BCUT2D eigenvalue weighted by molar-refractivity contribution is 7.92. The van der Waals surface area contributed by atoms with Crippen molar-refractivity contribution in [3.8, 4) is 11.1 Å². The summed E-state index contributed by atoms with van der Waals surface area (Å²) in [5.41, 5.74) is 5.10. The Hall–Kier alpha value is -4.24. The maximum absolute atomic E-state index is 15.2. The molecule has 0 radical (unpaired) electrons. The molecule has 4 aromatic rings. The molecule has 0 aliphatic carbocycles. The number of aromatic nitrogens is 3. The van der Waals surface area contributed by atoms with Crippen LogP contribution in [0, 0.1) is 5.82 Å². The van der Waals surface area contributed by atoms with Gasteiger partial charge in [0.1, 0.15) is 17.2 Å². The molecular weight excluding hydrogens is 566 g/mol. The van der Waals surface area contributed by atoms with Crippen LogP contribution in [0.15, 0.2) is 59.8 Å². The molecule has 5 rings (SSSR count). The monoisotopic (exact) mass is 591 g/mol. The van der Waals surface area contributed by atoms with Crippen molar-refractivity contribution < 1.29 is 30.8 Å². The summed E-state index contributed by atoms with van der Waals surface area (Å²) in [7, 11) is -0.806. The number of carbonyl (C=O) groups is 1. The van der Waals surface area contributed by atoms with E-state index in [1.165, 1.54) is 29.0 Å². The standard InChI is InChI=1S/C26H25F4N7O3S/c1-35(2)16-9-10-36(14-16)25(38)19-13-33-37-23(31)18(12-32-24(19)37)17-8-7-15(11-21(17)27)34-41(39,40)22-6-4-3-5-20(22)26(28,29)30/h3-8,11-13,16,34H,9-10,14,31H2,1-2H3. The van der Waals surface area contributed by atoms with Crippen LogP contribution in [0.3, 0.4) is 0 Å². The van der Waals surface area contributed by atoms with Gasteiger partial charge in [0, 0.05) is 36.5 Å². The summed E-state index contributed by atoms with van der Waals surface area (Å²) in [6.45, 7) is 1.13. The highest BCUT2D eigenvalue weighted by Crippen LogP contribution is 2.35. The molecule has 1 unspecified atom stereocenters. The number of nitrogens with zero attached hydrogens (tertiary/aromatic N) is 5. The average Bonchev–Trinajstić information content (AvgIpc) is 3.57. The fourth-order valence-corrected chi connectivity index (χ4v) is 6.05. The van der Waals surface area contributed by atoms with Gasteiger partial charge in [0.05, 0.1) is 22.3 Å². The molecule has 10 nitrogen and oxygen atoms in total. The number of fused-ring (bicyclic) bond motifs is 1. The minimum absolute atomic E-state index is 0.0204. The maximum Gasteiger partial charge on any atom is 0.417 e. The van der Waals surface area contributed by atoms with Crippen molar-refractivity contribution in [3.05, 3.63) is 71.8 Å². The normalized spacial score (nSPS) is 16.1.